The van der Waals surface area contributed by atoms with Crippen LogP contribution in [-0.4, -0.2) is 41.0 Å². The van der Waals surface area contributed by atoms with Crippen molar-refractivity contribution in [2.24, 2.45) is 0 Å². The van der Waals surface area contributed by atoms with Crippen LogP contribution in [0, 0.1) is 18.3 Å². The highest BCUT2D eigenvalue weighted by molar-refractivity contribution is 5.76. The van der Waals surface area contributed by atoms with Crippen molar-refractivity contribution in [3.8, 4) is 11.8 Å². The number of amides is 1. The van der Waals surface area contributed by atoms with E-state index in [1.54, 1.807) is 35.1 Å². The lowest BCUT2D eigenvalue weighted by molar-refractivity contribution is -0.124. The predicted octanol–water partition coefficient (Wildman–Crippen LogP) is 1.42. The van der Waals surface area contributed by atoms with Crippen molar-refractivity contribution >= 4 is 5.91 Å². The fourth-order valence-electron chi connectivity index (χ4n) is 2.73. The Labute approximate surface area is 146 Å². The Morgan fingerprint density at radius 3 is 2.96 bits per heavy atom. The van der Waals surface area contributed by atoms with Crippen LogP contribution in [0.4, 0.5) is 0 Å². The molecule has 0 aliphatic carbocycles. The van der Waals surface area contributed by atoms with Crippen LogP contribution in [0.3, 0.4) is 0 Å². The molecule has 7 nitrogen and oxygen atoms in total. The van der Waals surface area contributed by atoms with Gasteiger partial charge in [0.15, 0.2) is 0 Å². The fourth-order valence-corrected chi connectivity index (χ4v) is 2.73. The highest BCUT2D eigenvalue weighted by Gasteiger charge is 2.29. The van der Waals surface area contributed by atoms with Crippen LogP contribution in [0.25, 0.3) is 0 Å². The summed E-state index contributed by atoms with van der Waals surface area (Å²) in [6, 6.07) is 8.84. The number of aryl methyl sites for hydroxylation is 1. The number of nitrogens with zero attached hydrogens (tertiary/aromatic N) is 3. The number of hydrogen-bond acceptors (Lipinski definition) is 5. The molecule has 1 aromatic heterocycles. The van der Waals surface area contributed by atoms with Gasteiger partial charge in [-0.05, 0) is 43.2 Å². The van der Waals surface area contributed by atoms with E-state index in [2.05, 4.69) is 16.5 Å². The third-order valence-corrected chi connectivity index (χ3v) is 3.99. The molecule has 3 rings (SSSR count). The van der Waals surface area contributed by atoms with Crippen LogP contribution in [0.1, 0.15) is 17.5 Å². The summed E-state index contributed by atoms with van der Waals surface area (Å²) in [5.74, 6) is 0.542. The minimum atomic E-state index is -0.273. The van der Waals surface area contributed by atoms with E-state index in [1.165, 1.54) is 0 Å². The van der Waals surface area contributed by atoms with Crippen LogP contribution < -0.4 is 10.1 Å². The average Bonchev–Trinajstić information content (AvgIpc) is 3.02. The van der Waals surface area contributed by atoms with Crippen LogP contribution in [0.2, 0.25) is 0 Å². The molecule has 0 spiro atoms. The van der Waals surface area contributed by atoms with Gasteiger partial charge in [-0.15, -0.1) is 0 Å². The molecule has 1 N–H and O–H groups in total. The maximum atomic E-state index is 12.3. The number of carbonyl (C=O) groups is 1. The summed E-state index contributed by atoms with van der Waals surface area (Å²) in [7, 11) is 0. The lowest BCUT2D eigenvalue weighted by atomic mass is 10.1. The van der Waals surface area contributed by atoms with Gasteiger partial charge in [0.05, 0.1) is 30.5 Å². The van der Waals surface area contributed by atoms with E-state index in [0.717, 1.165) is 5.56 Å². The molecule has 0 saturated carbocycles. The lowest BCUT2D eigenvalue weighted by Crippen LogP contribution is -2.52. The van der Waals surface area contributed by atoms with Crippen molar-refractivity contribution in [3.05, 3.63) is 47.8 Å². The number of rotatable bonds is 5. The zero-order valence-corrected chi connectivity index (χ0v) is 14.0. The average molecular weight is 340 g/mol. The van der Waals surface area contributed by atoms with Crippen molar-refractivity contribution < 1.29 is 14.3 Å². The van der Waals surface area contributed by atoms with Gasteiger partial charge in [0.2, 0.25) is 5.91 Å². The normalized spacial score (nSPS) is 19.8. The quantitative estimate of drug-likeness (QED) is 0.889. The summed E-state index contributed by atoms with van der Waals surface area (Å²) >= 11 is 0. The molecule has 2 atom stereocenters. The predicted molar refractivity (Wildman–Crippen MR) is 89.9 cm³/mol. The molecule has 7 heteroatoms. The molecular formula is C18H20N4O3. The second kappa shape index (κ2) is 7.81. The molecule has 0 bridgehead atoms. The van der Waals surface area contributed by atoms with E-state index in [1.807, 2.05) is 13.1 Å². The summed E-state index contributed by atoms with van der Waals surface area (Å²) in [5, 5.41) is 16.0. The molecule has 2 heterocycles. The van der Waals surface area contributed by atoms with Crippen molar-refractivity contribution in [2.45, 2.75) is 32.0 Å². The highest BCUT2D eigenvalue weighted by atomic mass is 16.5. The zero-order chi connectivity index (χ0) is 17.6. The van der Waals surface area contributed by atoms with Gasteiger partial charge >= 0.3 is 0 Å². The smallest absolute Gasteiger partial charge is 0.242 e. The van der Waals surface area contributed by atoms with Gasteiger partial charge in [-0.3, -0.25) is 9.48 Å². The van der Waals surface area contributed by atoms with Gasteiger partial charge in [-0.1, -0.05) is 0 Å². The van der Waals surface area contributed by atoms with Crippen molar-refractivity contribution in [2.75, 3.05) is 13.2 Å². The van der Waals surface area contributed by atoms with Gasteiger partial charge in [0.25, 0.3) is 0 Å². The maximum absolute atomic E-state index is 12.3. The minimum Gasteiger partial charge on any atom is -0.486 e. The number of ether oxygens (including phenoxy) is 2. The van der Waals surface area contributed by atoms with E-state index in [0.29, 0.717) is 30.9 Å². The molecule has 1 aliphatic heterocycles. The summed E-state index contributed by atoms with van der Waals surface area (Å²) in [6.45, 7) is 3.10. The Bertz CT molecular complexity index is 763. The standard InChI is InChI=1S/C18H20N4O3/c1-13-9-20-22(10-13)11-18(23)21-16-6-7-24-12-17(16)25-15-4-2-14(8-19)3-5-15/h2-5,9-10,16-17H,6-7,11-12H2,1H3,(H,21,23)/t16-,17-/m1/s1. The van der Waals surface area contributed by atoms with Crippen molar-refractivity contribution in [1.82, 2.24) is 15.1 Å². The van der Waals surface area contributed by atoms with E-state index in [4.69, 9.17) is 14.7 Å². The Balaban J connectivity index is 1.59. The highest BCUT2D eigenvalue weighted by Crippen LogP contribution is 2.18. The largest absolute Gasteiger partial charge is 0.486 e. The van der Waals surface area contributed by atoms with Gasteiger partial charge in [0.1, 0.15) is 18.4 Å². The topological polar surface area (TPSA) is 89.2 Å². The molecule has 1 aromatic carbocycles. The molecule has 25 heavy (non-hydrogen) atoms. The summed E-state index contributed by atoms with van der Waals surface area (Å²) in [6.07, 6.45) is 3.96. The Kier molecular flexibility index (Phi) is 5.31. The van der Waals surface area contributed by atoms with Gasteiger partial charge in [0, 0.05) is 12.8 Å². The number of aromatic nitrogens is 2. The Morgan fingerprint density at radius 1 is 1.48 bits per heavy atom. The van der Waals surface area contributed by atoms with Crippen molar-refractivity contribution in [3.63, 3.8) is 0 Å². The SMILES string of the molecule is Cc1cnn(CC(=O)N[C@@H]2CCOC[C@H]2Oc2ccc(C#N)cc2)c1. The summed E-state index contributed by atoms with van der Waals surface area (Å²) in [5.41, 5.74) is 1.59. The molecule has 1 aliphatic rings. The van der Waals surface area contributed by atoms with E-state index in [9.17, 15) is 4.79 Å². The molecule has 1 amide bonds. The molecule has 1 fully saturated rings. The maximum Gasteiger partial charge on any atom is 0.242 e. The summed E-state index contributed by atoms with van der Waals surface area (Å²) < 4.78 is 13.0. The second-order valence-electron chi connectivity index (χ2n) is 6.05. The monoisotopic (exact) mass is 340 g/mol. The van der Waals surface area contributed by atoms with Crippen LogP contribution >= 0.6 is 0 Å². The Morgan fingerprint density at radius 2 is 2.28 bits per heavy atom. The van der Waals surface area contributed by atoms with Gasteiger partial charge in [-0.25, -0.2) is 0 Å². The number of hydrogen-bond donors (Lipinski definition) is 1. The first-order valence-corrected chi connectivity index (χ1v) is 8.17. The van der Waals surface area contributed by atoms with Crippen molar-refractivity contribution in [1.29, 1.82) is 5.26 Å². The van der Waals surface area contributed by atoms with Crippen LogP contribution in [0.15, 0.2) is 36.7 Å². The molecule has 2 aromatic rings. The second-order valence-corrected chi connectivity index (χ2v) is 6.05. The number of benzene rings is 1. The van der Waals surface area contributed by atoms with E-state index < -0.39 is 0 Å². The molecule has 130 valence electrons. The van der Waals surface area contributed by atoms with Gasteiger partial charge < -0.3 is 14.8 Å². The number of nitrogens with one attached hydrogen (secondary N) is 1. The molecule has 0 unspecified atom stereocenters. The summed E-state index contributed by atoms with van der Waals surface area (Å²) in [4.78, 5) is 12.3. The van der Waals surface area contributed by atoms with Gasteiger partial charge in [-0.2, -0.15) is 10.4 Å². The van der Waals surface area contributed by atoms with Crippen LogP contribution in [-0.2, 0) is 16.1 Å². The number of nitriles is 1. The van der Waals surface area contributed by atoms with Crippen LogP contribution in [0.5, 0.6) is 5.75 Å². The molecule has 1 saturated heterocycles. The zero-order valence-electron chi connectivity index (χ0n) is 14.0. The minimum absolute atomic E-state index is 0.108. The first kappa shape index (κ1) is 17.0. The first-order valence-electron chi connectivity index (χ1n) is 8.17. The lowest BCUT2D eigenvalue weighted by Gasteiger charge is -2.32. The molecule has 0 radical (unpaired) electrons. The molecular weight excluding hydrogens is 320 g/mol. The van der Waals surface area contributed by atoms with E-state index in [-0.39, 0.29) is 24.6 Å². The first-order chi connectivity index (χ1) is 12.1. The number of carbonyl (C=O) groups excluding carboxylic acids is 1. The third kappa shape index (κ3) is 4.58. The fraction of sp³-hybridized carbons (Fsp3) is 0.389. The van der Waals surface area contributed by atoms with E-state index >= 15 is 0 Å². The Hall–Kier alpha value is -2.85. The third-order valence-electron chi connectivity index (χ3n) is 3.99.